The minimum absolute atomic E-state index is 0.0866. The molecule has 1 unspecified atom stereocenters. The molecule has 1 aliphatic rings. The molecule has 0 bridgehead atoms. The number of anilines is 1. The van der Waals surface area contributed by atoms with Gasteiger partial charge in [-0.3, -0.25) is 4.79 Å². The smallest absolute Gasteiger partial charge is 0.224 e. The van der Waals surface area contributed by atoms with Crippen molar-refractivity contribution in [2.24, 2.45) is 5.92 Å². The normalized spacial score (nSPS) is 17.3. The zero-order valence-electron chi connectivity index (χ0n) is 11.1. The van der Waals surface area contributed by atoms with Crippen molar-refractivity contribution in [2.45, 2.75) is 19.3 Å². The second-order valence-corrected chi connectivity index (χ2v) is 5.83. The number of allylic oxidation sites excluding steroid dienone is 2. The molecule has 0 saturated heterocycles. The largest absolute Gasteiger partial charge is 0.326 e. The summed E-state index contributed by atoms with van der Waals surface area (Å²) in [5, 5.41) is 5.91. The van der Waals surface area contributed by atoms with Gasteiger partial charge in [-0.1, -0.05) is 12.2 Å². The Morgan fingerprint density at radius 2 is 2.20 bits per heavy atom. The highest BCUT2D eigenvalue weighted by molar-refractivity contribution is 7.13. The van der Waals surface area contributed by atoms with Crippen LogP contribution in [0.15, 0.2) is 48.0 Å². The van der Waals surface area contributed by atoms with E-state index < -0.39 is 0 Å². The first-order chi connectivity index (χ1) is 9.81. The van der Waals surface area contributed by atoms with E-state index in [0.717, 1.165) is 29.1 Å². The van der Waals surface area contributed by atoms with Crippen LogP contribution in [-0.4, -0.2) is 10.9 Å². The molecule has 0 saturated carbocycles. The summed E-state index contributed by atoms with van der Waals surface area (Å²) >= 11 is 1.61. The first-order valence-corrected chi connectivity index (χ1v) is 7.66. The standard InChI is InChI=1S/C16H16N2OS/c19-15(11-12-3-1-2-4-12)18-14-7-5-13(6-8-14)16-17-9-10-20-16/h1,3,5-10,12H,2,4,11H2,(H,18,19). The van der Waals surface area contributed by atoms with Gasteiger partial charge in [-0.2, -0.15) is 0 Å². The Morgan fingerprint density at radius 3 is 2.85 bits per heavy atom. The van der Waals surface area contributed by atoms with Gasteiger partial charge in [0.1, 0.15) is 5.01 Å². The van der Waals surface area contributed by atoms with Crippen LogP contribution in [0.4, 0.5) is 5.69 Å². The first-order valence-electron chi connectivity index (χ1n) is 6.78. The van der Waals surface area contributed by atoms with Gasteiger partial charge in [-0.25, -0.2) is 4.98 Å². The number of hydrogen-bond donors (Lipinski definition) is 1. The van der Waals surface area contributed by atoms with Crippen LogP contribution in [-0.2, 0) is 4.79 Å². The number of carbonyl (C=O) groups is 1. The maximum absolute atomic E-state index is 11.9. The number of nitrogens with zero attached hydrogens (tertiary/aromatic N) is 1. The van der Waals surface area contributed by atoms with Crippen LogP contribution in [0.1, 0.15) is 19.3 Å². The minimum atomic E-state index is 0.0866. The van der Waals surface area contributed by atoms with E-state index in [9.17, 15) is 4.79 Å². The molecule has 0 aliphatic heterocycles. The SMILES string of the molecule is O=C(CC1C=CCC1)Nc1ccc(-c2nccs2)cc1. The van der Waals surface area contributed by atoms with E-state index >= 15 is 0 Å². The highest BCUT2D eigenvalue weighted by Crippen LogP contribution is 2.24. The number of carbonyl (C=O) groups excluding carboxylic acids is 1. The number of aromatic nitrogens is 1. The monoisotopic (exact) mass is 284 g/mol. The van der Waals surface area contributed by atoms with E-state index in [1.54, 1.807) is 17.5 Å². The summed E-state index contributed by atoms with van der Waals surface area (Å²) in [6, 6.07) is 7.84. The van der Waals surface area contributed by atoms with Gasteiger partial charge < -0.3 is 5.32 Å². The summed E-state index contributed by atoms with van der Waals surface area (Å²) in [6.45, 7) is 0. The van der Waals surface area contributed by atoms with Gasteiger partial charge in [0.25, 0.3) is 0 Å². The van der Waals surface area contributed by atoms with E-state index in [1.165, 1.54) is 0 Å². The van der Waals surface area contributed by atoms with E-state index in [0.29, 0.717) is 12.3 Å². The van der Waals surface area contributed by atoms with Crippen LogP contribution in [0.25, 0.3) is 10.6 Å². The number of benzene rings is 1. The van der Waals surface area contributed by atoms with Crippen molar-refractivity contribution >= 4 is 22.9 Å². The van der Waals surface area contributed by atoms with Gasteiger partial charge in [0.2, 0.25) is 5.91 Å². The van der Waals surface area contributed by atoms with Gasteiger partial charge in [0.15, 0.2) is 0 Å². The third kappa shape index (κ3) is 3.14. The van der Waals surface area contributed by atoms with Crippen LogP contribution in [0, 0.1) is 5.92 Å². The molecular weight excluding hydrogens is 268 g/mol. The van der Waals surface area contributed by atoms with Crippen molar-refractivity contribution in [3.63, 3.8) is 0 Å². The molecule has 3 rings (SSSR count). The molecule has 1 aliphatic carbocycles. The highest BCUT2D eigenvalue weighted by Gasteiger charge is 2.14. The maximum atomic E-state index is 11.9. The zero-order chi connectivity index (χ0) is 13.8. The minimum Gasteiger partial charge on any atom is -0.326 e. The number of rotatable bonds is 4. The Hall–Kier alpha value is -1.94. The molecule has 20 heavy (non-hydrogen) atoms. The Balaban J connectivity index is 1.60. The van der Waals surface area contributed by atoms with E-state index in [2.05, 4.69) is 22.5 Å². The summed E-state index contributed by atoms with van der Waals surface area (Å²) < 4.78 is 0. The Kier molecular flexibility index (Phi) is 3.92. The van der Waals surface area contributed by atoms with Crippen molar-refractivity contribution in [1.82, 2.24) is 4.98 Å². The van der Waals surface area contributed by atoms with E-state index in [4.69, 9.17) is 0 Å². The molecule has 1 aromatic heterocycles. The predicted molar refractivity (Wildman–Crippen MR) is 82.7 cm³/mol. The lowest BCUT2D eigenvalue weighted by molar-refractivity contribution is -0.116. The van der Waals surface area contributed by atoms with Crippen molar-refractivity contribution in [2.75, 3.05) is 5.32 Å². The molecule has 4 heteroatoms. The molecule has 0 spiro atoms. The molecule has 102 valence electrons. The lowest BCUT2D eigenvalue weighted by Crippen LogP contribution is -2.14. The third-order valence-electron chi connectivity index (χ3n) is 3.41. The van der Waals surface area contributed by atoms with Crippen LogP contribution >= 0.6 is 11.3 Å². The van der Waals surface area contributed by atoms with E-state index in [-0.39, 0.29) is 5.91 Å². The van der Waals surface area contributed by atoms with Crippen molar-refractivity contribution in [3.05, 3.63) is 48.0 Å². The van der Waals surface area contributed by atoms with Crippen LogP contribution in [0.5, 0.6) is 0 Å². The molecule has 1 atom stereocenters. The summed E-state index contributed by atoms with van der Waals surface area (Å²) in [5.41, 5.74) is 1.93. The molecule has 1 heterocycles. The quantitative estimate of drug-likeness (QED) is 0.859. The third-order valence-corrected chi connectivity index (χ3v) is 4.23. The Bertz CT molecular complexity index is 602. The van der Waals surface area contributed by atoms with E-state index in [1.807, 2.05) is 29.6 Å². The number of hydrogen-bond acceptors (Lipinski definition) is 3. The second kappa shape index (κ2) is 6.01. The summed E-state index contributed by atoms with van der Waals surface area (Å²) in [4.78, 5) is 16.2. The summed E-state index contributed by atoms with van der Waals surface area (Å²) in [6.07, 6.45) is 8.86. The molecule has 3 nitrogen and oxygen atoms in total. The fraction of sp³-hybridized carbons (Fsp3) is 0.250. The van der Waals surface area contributed by atoms with Gasteiger partial charge in [-0.05, 0) is 43.0 Å². The molecule has 2 aromatic rings. The van der Waals surface area contributed by atoms with Gasteiger partial charge in [-0.15, -0.1) is 11.3 Å². The van der Waals surface area contributed by atoms with Gasteiger partial charge >= 0.3 is 0 Å². The average molecular weight is 284 g/mol. The zero-order valence-corrected chi connectivity index (χ0v) is 11.9. The molecule has 0 radical (unpaired) electrons. The first kappa shape index (κ1) is 13.1. The number of nitrogens with one attached hydrogen (secondary N) is 1. The van der Waals surface area contributed by atoms with Gasteiger partial charge in [0, 0.05) is 29.2 Å². The fourth-order valence-corrected chi connectivity index (χ4v) is 3.02. The molecule has 0 fully saturated rings. The molecular formula is C16H16N2OS. The topological polar surface area (TPSA) is 42.0 Å². The molecule has 1 aromatic carbocycles. The summed E-state index contributed by atoms with van der Waals surface area (Å²) in [5.74, 6) is 0.494. The average Bonchev–Trinajstić information content (AvgIpc) is 3.12. The van der Waals surface area contributed by atoms with Crippen molar-refractivity contribution in [3.8, 4) is 10.6 Å². The number of amides is 1. The van der Waals surface area contributed by atoms with Crippen LogP contribution < -0.4 is 5.32 Å². The van der Waals surface area contributed by atoms with Crippen molar-refractivity contribution in [1.29, 1.82) is 0 Å². The molecule has 1 amide bonds. The van der Waals surface area contributed by atoms with Gasteiger partial charge in [0.05, 0.1) is 0 Å². The summed E-state index contributed by atoms with van der Waals surface area (Å²) in [7, 11) is 0. The fourth-order valence-electron chi connectivity index (χ4n) is 2.38. The molecule has 1 N–H and O–H groups in total. The van der Waals surface area contributed by atoms with Crippen LogP contribution in [0.3, 0.4) is 0 Å². The van der Waals surface area contributed by atoms with Crippen LogP contribution in [0.2, 0.25) is 0 Å². The number of thiazole rings is 1. The maximum Gasteiger partial charge on any atom is 0.224 e. The highest BCUT2D eigenvalue weighted by atomic mass is 32.1. The second-order valence-electron chi connectivity index (χ2n) is 4.93. The predicted octanol–water partition coefficient (Wildman–Crippen LogP) is 4.10. The lowest BCUT2D eigenvalue weighted by atomic mass is 10.0. The lowest BCUT2D eigenvalue weighted by Gasteiger charge is -2.09. The Morgan fingerprint density at radius 1 is 1.35 bits per heavy atom. The van der Waals surface area contributed by atoms with Crippen molar-refractivity contribution < 1.29 is 4.79 Å². The Labute approximate surface area is 122 Å².